The van der Waals surface area contributed by atoms with Crippen molar-refractivity contribution < 1.29 is 22.4 Å². The zero-order valence-corrected chi connectivity index (χ0v) is 80.7. The third kappa shape index (κ3) is 15.6. The van der Waals surface area contributed by atoms with Crippen LogP contribution in [0.2, 0.25) is 0 Å². The van der Waals surface area contributed by atoms with Crippen molar-refractivity contribution in [1.82, 2.24) is 4.57 Å². The SMILES string of the molecule is Cc1ccc(-c2cc(-c3ccccc3)c3c(c2)c(=O)oc2ccc(-c4ccc5c(c4)c4ccccc4n5-c4cccc5c4oc4ccccc45)cc23)cc1.O=c1oc2cc(-c3ccc(N4c5ccc(-c6ccccc6)cc5Sc5cc(-c6ccccc6)ccc54)cc3)ccc2c2ccccc12.O=c1oc2ccccc2c2c(-c3ccc(N4c5ccc(-c6ccccc6)cc5Oc5cc(-c6ccccc6)ccc54)cc3)cccc12. The Bertz CT molecular complexity index is 10000. The Balaban J connectivity index is 0.000000110. The molecule has 27 aromatic rings. The fraction of sp³-hybridized carbons (Fsp3) is 0.00735. The molecule has 2 aliphatic heterocycles. The molecule has 0 saturated carbocycles. The molecule has 0 fully saturated rings. The maximum Gasteiger partial charge on any atom is 0.344 e. The summed E-state index contributed by atoms with van der Waals surface area (Å²) >= 11 is 1.82. The van der Waals surface area contributed by atoms with Crippen LogP contribution in [0.25, 0.3) is 215 Å². The molecule has 7 heterocycles. The lowest BCUT2D eigenvalue weighted by Gasteiger charge is -2.33. The van der Waals surface area contributed by atoms with E-state index >= 15 is 0 Å². The number of para-hydroxylation sites is 4. The molecule has 148 heavy (non-hydrogen) atoms. The summed E-state index contributed by atoms with van der Waals surface area (Å²) in [7, 11) is 0. The molecule has 11 nitrogen and oxygen atoms in total. The van der Waals surface area contributed by atoms with Crippen LogP contribution in [0.3, 0.4) is 0 Å². The first-order chi connectivity index (χ1) is 73.0. The van der Waals surface area contributed by atoms with E-state index in [1.165, 1.54) is 37.6 Å². The van der Waals surface area contributed by atoms with E-state index in [0.717, 1.165) is 205 Å². The van der Waals surface area contributed by atoms with Gasteiger partial charge in [0.05, 0.1) is 55.6 Å². The zero-order chi connectivity index (χ0) is 98.6. The van der Waals surface area contributed by atoms with Gasteiger partial charge in [0.2, 0.25) is 0 Å². The smallest absolute Gasteiger partial charge is 0.344 e. The minimum absolute atomic E-state index is 0.313. The van der Waals surface area contributed by atoms with Gasteiger partial charge in [-0.15, -0.1) is 0 Å². The topological polar surface area (TPSA) is 124 Å². The van der Waals surface area contributed by atoms with Gasteiger partial charge >= 0.3 is 16.9 Å². The van der Waals surface area contributed by atoms with Gasteiger partial charge in [0, 0.05) is 69.6 Å². The Kier molecular flexibility index (Phi) is 21.6. The largest absolute Gasteiger partial charge is 0.454 e. The Morgan fingerprint density at radius 1 is 0.203 bits per heavy atom. The lowest BCUT2D eigenvalue weighted by atomic mass is 9.91. The zero-order valence-electron chi connectivity index (χ0n) is 79.9. The molecule has 12 heteroatoms. The van der Waals surface area contributed by atoms with Crippen LogP contribution >= 0.6 is 11.8 Å². The van der Waals surface area contributed by atoms with Gasteiger partial charge in [-0.3, -0.25) is 0 Å². The van der Waals surface area contributed by atoms with E-state index in [9.17, 15) is 14.4 Å². The molecule has 5 aromatic heterocycles. The van der Waals surface area contributed by atoms with Crippen LogP contribution in [0.4, 0.5) is 34.1 Å². The van der Waals surface area contributed by atoms with Crippen molar-refractivity contribution in [3.05, 3.63) is 534 Å². The molecule has 29 rings (SSSR count). The molecule has 0 bridgehead atoms. The summed E-state index contributed by atoms with van der Waals surface area (Å²) in [6.07, 6.45) is 0. The molecule has 2 aliphatic rings. The number of aryl methyl sites for hydroxylation is 1. The fourth-order valence-electron chi connectivity index (χ4n) is 21.6. The second kappa shape index (κ2) is 36.5. The molecule has 0 aliphatic carbocycles. The van der Waals surface area contributed by atoms with E-state index in [2.05, 4.69) is 391 Å². The second-order valence-corrected chi connectivity index (χ2v) is 38.6. The second-order valence-electron chi connectivity index (χ2n) is 37.5. The molecule has 0 atom stereocenters. The number of hydrogen-bond acceptors (Lipinski definition) is 11. The molecule has 0 saturated heterocycles. The van der Waals surface area contributed by atoms with Gasteiger partial charge < -0.3 is 36.8 Å². The van der Waals surface area contributed by atoms with Gasteiger partial charge in [-0.1, -0.05) is 357 Å². The van der Waals surface area contributed by atoms with Crippen molar-refractivity contribution in [2.45, 2.75) is 16.7 Å². The summed E-state index contributed by atoms with van der Waals surface area (Å²) < 4.78 is 32.9. The molecular weight excluding hydrogens is 1840 g/mol. The first-order valence-electron chi connectivity index (χ1n) is 49.5. The molecule has 0 spiro atoms. The highest BCUT2D eigenvalue weighted by molar-refractivity contribution is 7.99. The van der Waals surface area contributed by atoms with Crippen molar-refractivity contribution in [1.29, 1.82) is 0 Å². The quantitative estimate of drug-likeness (QED) is 0.0858. The molecule has 0 radical (unpaired) electrons. The van der Waals surface area contributed by atoms with Crippen molar-refractivity contribution >= 4 is 155 Å². The predicted octanol–water partition coefficient (Wildman–Crippen LogP) is 36.7. The molecule has 22 aromatic carbocycles. The summed E-state index contributed by atoms with van der Waals surface area (Å²) in [4.78, 5) is 46.4. The number of benzene rings is 22. The summed E-state index contributed by atoms with van der Waals surface area (Å²) in [5, 5.41) is 11.7. The average molecular weight is 1920 g/mol. The van der Waals surface area contributed by atoms with Crippen LogP contribution in [0.1, 0.15) is 5.56 Å². The number of hydrogen-bond donors (Lipinski definition) is 0. The molecule has 0 amide bonds. The van der Waals surface area contributed by atoms with Crippen molar-refractivity contribution in [3.63, 3.8) is 0 Å². The number of ether oxygens (including phenoxy) is 1. The average Bonchev–Trinajstić information content (AvgIpc) is 1.52. The van der Waals surface area contributed by atoms with Crippen LogP contribution < -0.4 is 31.4 Å². The third-order valence-corrected chi connectivity index (χ3v) is 29.8. The maximum absolute atomic E-state index is 13.7. The Morgan fingerprint density at radius 2 is 0.581 bits per heavy atom. The van der Waals surface area contributed by atoms with E-state index in [1.807, 2.05) is 139 Å². The first kappa shape index (κ1) is 87.6. The van der Waals surface area contributed by atoms with E-state index in [1.54, 1.807) is 0 Å². The number of furan rings is 1. The molecular formula is C136H85N3O8S. The minimum Gasteiger partial charge on any atom is -0.454 e. The molecule has 0 N–H and O–H groups in total. The van der Waals surface area contributed by atoms with E-state index in [4.69, 9.17) is 22.4 Å². The standard InChI is InChI=1S/C50H31NO3.C43H27NO3.C43H27NO2S/c1-30-18-20-31(21-19-30)35-28-39(32-10-3-2-4-11-32)48-41-27-34(23-25-47(41)54-50(52)42(48)29-35)33-22-24-44-40(26-33)36-12-5-7-15-43(36)51(44)45-16-9-14-38-37-13-6-8-17-46(37)53-49(38)45;45-43-36-16-9-15-34(42(36)35-14-7-8-17-39(35)47-43)30-18-22-33(23-19-30)44-37-24-20-31(28-10-3-1-4-11-28)26-40(37)46-41-27-32(21-25-38(41)44)29-12-5-2-6-13-29;45-43-37-14-8-7-13-35(37)36-22-17-31(25-40(36)46-43)30-15-20-34(21-16-30)44-38-23-18-32(28-9-3-1-4-10-28)26-41(38)47-42-27-33(19-24-39(42)44)29-11-5-2-6-12-29/h2-29H,1H3;2*1-27H. The summed E-state index contributed by atoms with van der Waals surface area (Å²) in [6, 6.07) is 171. The Labute approximate surface area is 853 Å². The van der Waals surface area contributed by atoms with E-state index in [-0.39, 0.29) is 16.9 Å². The molecule has 0 unspecified atom stereocenters. The predicted molar refractivity (Wildman–Crippen MR) is 609 cm³/mol. The first-order valence-corrected chi connectivity index (χ1v) is 50.3. The monoisotopic (exact) mass is 1920 g/mol. The highest BCUT2D eigenvalue weighted by Gasteiger charge is 2.31. The van der Waals surface area contributed by atoms with Crippen LogP contribution in [0.5, 0.6) is 11.5 Å². The number of anilines is 6. The van der Waals surface area contributed by atoms with Gasteiger partial charge in [-0.25, -0.2) is 14.4 Å². The highest BCUT2D eigenvalue weighted by atomic mass is 32.2. The van der Waals surface area contributed by atoms with Crippen molar-refractivity contribution in [3.8, 4) is 117 Å². The van der Waals surface area contributed by atoms with E-state index in [0.29, 0.717) is 32.9 Å². The van der Waals surface area contributed by atoms with Crippen LogP contribution in [0, 0.1) is 6.92 Å². The normalized spacial score (nSPS) is 12.0. The summed E-state index contributed by atoms with van der Waals surface area (Å²) in [5.41, 5.74) is 32.7. The van der Waals surface area contributed by atoms with Gasteiger partial charge in [-0.05, 0) is 270 Å². The highest BCUT2D eigenvalue weighted by Crippen LogP contribution is 2.56. The maximum atomic E-state index is 13.7. The lowest BCUT2D eigenvalue weighted by molar-refractivity contribution is 0.477. The lowest BCUT2D eigenvalue weighted by Crippen LogP contribution is -2.16. The van der Waals surface area contributed by atoms with Crippen LogP contribution in [0.15, 0.2) is 539 Å². The Morgan fingerprint density at radius 3 is 1.20 bits per heavy atom. The van der Waals surface area contributed by atoms with E-state index < -0.39 is 0 Å². The summed E-state index contributed by atoms with van der Waals surface area (Å²) in [6.45, 7) is 2.08. The number of aromatic nitrogens is 1. The fourth-order valence-corrected chi connectivity index (χ4v) is 22.7. The van der Waals surface area contributed by atoms with Crippen LogP contribution in [-0.2, 0) is 0 Å². The van der Waals surface area contributed by atoms with Crippen molar-refractivity contribution in [2.24, 2.45) is 0 Å². The number of nitrogens with zero attached hydrogens (tertiary/aromatic N) is 3. The van der Waals surface area contributed by atoms with Gasteiger partial charge in [-0.2, -0.15) is 0 Å². The number of rotatable bonds is 12. The number of fused-ring (bicyclic) bond motifs is 19. The van der Waals surface area contributed by atoms with Gasteiger partial charge in [0.15, 0.2) is 17.1 Å². The third-order valence-electron chi connectivity index (χ3n) is 28.7. The molecule has 698 valence electrons. The van der Waals surface area contributed by atoms with Crippen LogP contribution in [-0.4, -0.2) is 4.57 Å². The van der Waals surface area contributed by atoms with Gasteiger partial charge in [0.1, 0.15) is 22.3 Å². The Hall–Kier alpha value is -19.4. The minimum atomic E-state index is -0.343. The summed E-state index contributed by atoms with van der Waals surface area (Å²) in [5.74, 6) is 1.58. The van der Waals surface area contributed by atoms with Gasteiger partial charge in [0.25, 0.3) is 0 Å². The van der Waals surface area contributed by atoms with Crippen molar-refractivity contribution in [2.75, 3.05) is 9.80 Å².